The summed E-state index contributed by atoms with van der Waals surface area (Å²) >= 11 is 4.79. The van der Waals surface area contributed by atoms with Gasteiger partial charge in [-0.05, 0) is 59.6 Å². The van der Waals surface area contributed by atoms with E-state index in [-0.39, 0.29) is 11.9 Å². The highest BCUT2D eigenvalue weighted by Crippen LogP contribution is 2.23. The summed E-state index contributed by atoms with van der Waals surface area (Å²) in [5.41, 5.74) is 1.05. The Morgan fingerprint density at radius 2 is 2.00 bits per heavy atom. The molecule has 1 amide bonds. The molecule has 1 aromatic heterocycles. The van der Waals surface area contributed by atoms with Crippen LogP contribution in [0.25, 0.3) is 0 Å². The van der Waals surface area contributed by atoms with Crippen molar-refractivity contribution >= 4 is 33.2 Å². The number of hydrogen-bond acceptors (Lipinski definition) is 3. The maximum Gasteiger partial charge on any atom is 0.261 e. The predicted octanol–water partition coefficient (Wildman–Crippen LogP) is 4.40. The zero-order chi connectivity index (χ0) is 14.5. The summed E-state index contributed by atoms with van der Waals surface area (Å²) in [7, 11) is 0. The SMILES string of the molecule is CCOc1ccc(C(C)NC(=O)c2ccc(Br)s2)cc1. The van der Waals surface area contributed by atoms with E-state index in [0.29, 0.717) is 11.5 Å². The van der Waals surface area contributed by atoms with Crippen LogP contribution in [-0.4, -0.2) is 12.5 Å². The summed E-state index contributed by atoms with van der Waals surface area (Å²) in [5.74, 6) is 0.791. The fraction of sp³-hybridized carbons (Fsp3) is 0.267. The van der Waals surface area contributed by atoms with Crippen LogP contribution in [0.15, 0.2) is 40.2 Å². The molecule has 20 heavy (non-hydrogen) atoms. The number of ether oxygens (including phenoxy) is 1. The molecule has 0 bridgehead atoms. The number of rotatable bonds is 5. The lowest BCUT2D eigenvalue weighted by atomic mass is 10.1. The van der Waals surface area contributed by atoms with Crippen molar-refractivity contribution < 1.29 is 9.53 Å². The Balaban J connectivity index is 2.00. The number of thiophene rings is 1. The van der Waals surface area contributed by atoms with Gasteiger partial charge in [0.1, 0.15) is 5.75 Å². The second kappa shape index (κ2) is 6.90. The molecule has 1 aromatic carbocycles. The molecule has 0 aliphatic carbocycles. The van der Waals surface area contributed by atoms with Gasteiger partial charge < -0.3 is 10.1 Å². The smallest absolute Gasteiger partial charge is 0.261 e. The molecule has 1 N–H and O–H groups in total. The second-order valence-corrected chi connectivity index (χ2v) is 6.76. The van der Waals surface area contributed by atoms with Gasteiger partial charge >= 0.3 is 0 Å². The standard InChI is InChI=1S/C15H16BrNO2S/c1-3-19-12-6-4-11(5-7-12)10(2)17-15(18)13-8-9-14(16)20-13/h4-10H,3H2,1-2H3,(H,17,18). The summed E-state index contributed by atoms with van der Waals surface area (Å²) in [6, 6.07) is 11.4. The monoisotopic (exact) mass is 353 g/mol. The van der Waals surface area contributed by atoms with Crippen LogP contribution in [0.4, 0.5) is 0 Å². The largest absolute Gasteiger partial charge is 0.494 e. The van der Waals surface area contributed by atoms with E-state index in [4.69, 9.17) is 4.74 Å². The van der Waals surface area contributed by atoms with Crippen LogP contribution in [0, 0.1) is 0 Å². The minimum absolute atomic E-state index is 0.0425. The van der Waals surface area contributed by atoms with E-state index in [1.54, 1.807) is 0 Å². The van der Waals surface area contributed by atoms with Crippen LogP contribution in [0.1, 0.15) is 35.1 Å². The van der Waals surface area contributed by atoms with Crippen molar-refractivity contribution in [3.63, 3.8) is 0 Å². The molecule has 1 heterocycles. The molecule has 0 aliphatic heterocycles. The highest BCUT2D eigenvalue weighted by molar-refractivity contribution is 9.11. The van der Waals surface area contributed by atoms with Gasteiger partial charge in [0, 0.05) is 0 Å². The van der Waals surface area contributed by atoms with Gasteiger partial charge in [0.2, 0.25) is 0 Å². The fourth-order valence-electron chi connectivity index (χ4n) is 1.81. The van der Waals surface area contributed by atoms with E-state index in [1.165, 1.54) is 11.3 Å². The zero-order valence-electron chi connectivity index (χ0n) is 11.4. The van der Waals surface area contributed by atoms with Gasteiger partial charge in [-0.15, -0.1) is 11.3 Å². The quantitative estimate of drug-likeness (QED) is 0.864. The molecule has 0 aliphatic rings. The first-order valence-corrected chi connectivity index (χ1v) is 8.00. The Morgan fingerprint density at radius 1 is 1.30 bits per heavy atom. The third-order valence-electron chi connectivity index (χ3n) is 2.84. The molecule has 0 spiro atoms. The molecular formula is C15H16BrNO2S. The van der Waals surface area contributed by atoms with Crippen LogP contribution in [0.3, 0.4) is 0 Å². The van der Waals surface area contributed by atoms with E-state index >= 15 is 0 Å². The molecule has 106 valence electrons. The number of amides is 1. The summed E-state index contributed by atoms with van der Waals surface area (Å²) in [5, 5.41) is 2.99. The molecule has 3 nitrogen and oxygen atoms in total. The summed E-state index contributed by atoms with van der Waals surface area (Å²) in [4.78, 5) is 12.8. The average Bonchev–Trinajstić information content (AvgIpc) is 2.86. The van der Waals surface area contributed by atoms with Crippen molar-refractivity contribution in [2.45, 2.75) is 19.9 Å². The molecule has 0 radical (unpaired) electrons. The first kappa shape index (κ1) is 15.1. The predicted molar refractivity (Wildman–Crippen MR) is 85.5 cm³/mol. The number of halogens is 1. The lowest BCUT2D eigenvalue weighted by molar-refractivity contribution is 0.0944. The lowest BCUT2D eigenvalue weighted by Crippen LogP contribution is -2.25. The molecule has 5 heteroatoms. The van der Waals surface area contributed by atoms with Crippen molar-refractivity contribution in [1.82, 2.24) is 5.32 Å². The Kier molecular flexibility index (Phi) is 5.20. The maximum absolute atomic E-state index is 12.1. The molecule has 2 rings (SSSR count). The number of carbonyl (C=O) groups excluding carboxylic acids is 1. The number of benzene rings is 1. The van der Waals surface area contributed by atoms with Crippen molar-refractivity contribution in [3.05, 3.63) is 50.6 Å². The van der Waals surface area contributed by atoms with Crippen molar-refractivity contribution in [2.24, 2.45) is 0 Å². The fourth-order valence-corrected chi connectivity index (χ4v) is 3.10. The second-order valence-electron chi connectivity index (χ2n) is 4.30. The molecule has 0 saturated heterocycles. The van der Waals surface area contributed by atoms with E-state index in [2.05, 4.69) is 21.2 Å². The number of carbonyl (C=O) groups is 1. The molecule has 2 aromatic rings. The van der Waals surface area contributed by atoms with Gasteiger partial charge in [-0.3, -0.25) is 4.79 Å². The average molecular weight is 354 g/mol. The molecule has 0 saturated carbocycles. The number of hydrogen-bond donors (Lipinski definition) is 1. The first-order valence-electron chi connectivity index (χ1n) is 6.39. The third kappa shape index (κ3) is 3.84. The van der Waals surface area contributed by atoms with E-state index < -0.39 is 0 Å². The normalized spacial score (nSPS) is 11.9. The van der Waals surface area contributed by atoms with Crippen molar-refractivity contribution in [3.8, 4) is 5.75 Å². The maximum atomic E-state index is 12.1. The van der Waals surface area contributed by atoms with Crippen LogP contribution in [0.5, 0.6) is 5.75 Å². The lowest BCUT2D eigenvalue weighted by Gasteiger charge is -2.14. The van der Waals surface area contributed by atoms with Crippen LogP contribution < -0.4 is 10.1 Å². The van der Waals surface area contributed by atoms with Crippen molar-refractivity contribution in [1.29, 1.82) is 0 Å². The van der Waals surface area contributed by atoms with E-state index in [0.717, 1.165) is 15.1 Å². The minimum Gasteiger partial charge on any atom is -0.494 e. The third-order valence-corrected chi connectivity index (χ3v) is 4.46. The highest BCUT2D eigenvalue weighted by Gasteiger charge is 2.13. The van der Waals surface area contributed by atoms with E-state index in [9.17, 15) is 4.79 Å². The van der Waals surface area contributed by atoms with Gasteiger partial charge in [-0.25, -0.2) is 0 Å². The molecular weight excluding hydrogens is 338 g/mol. The van der Waals surface area contributed by atoms with Gasteiger partial charge in [0.25, 0.3) is 5.91 Å². The van der Waals surface area contributed by atoms with Crippen LogP contribution >= 0.6 is 27.3 Å². The molecule has 0 fully saturated rings. The van der Waals surface area contributed by atoms with Gasteiger partial charge in [0.05, 0.1) is 21.3 Å². The topological polar surface area (TPSA) is 38.3 Å². The van der Waals surface area contributed by atoms with E-state index in [1.807, 2.05) is 50.2 Å². The summed E-state index contributed by atoms with van der Waals surface area (Å²) in [6.07, 6.45) is 0. The minimum atomic E-state index is -0.0536. The summed E-state index contributed by atoms with van der Waals surface area (Å²) in [6.45, 7) is 4.57. The highest BCUT2D eigenvalue weighted by atomic mass is 79.9. The van der Waals surface area contributed by atoms with Crippen LogP contribution in [0.2, 0.25) is 0 Å². The van der Waals surface area contributed by atoms with Gasteiger partial charge in [-0.2, -0.15) is 0 Å². The Labute approximate surface area is 131 Å². The molecule has 1 unspecified atom stereocenters. The Morgan fingerprint density at radius 3 is 2.55 bits per heavy atom. The van der Waals surface area contributed by atoms with Gasteiger partial charge in [-0.1, -0.05) is 12.1 Å². The Bertz CT molecular complexity index is 580. The van der Waals surface area contributed by atoms with Gasteiger partial charge in [0.15, 0.2) is 0 Å². The zero-order valence-corrected chi connectivity index (χ0v) is 13.8. The first-order chi connectivity index (χ1) is 9.60. The molecule has 1 atom stereocenters. The summed E-state index contributed by atoms with van der Waals surface area (Å²) < 4.78 is 6.36. The van der Waals surface area contributed by atoms with Crippen LogP contribution in [-0.2, 0) is 0 Å². The van der Waals surface area contributed by atoms with Crippen molar-refractivity contribution in [2.75, 3.05) is 6.61 Å². The Hall–Kier alpha value is -1.33. The number of nitrogens with one attached hydrogen (secondary N) is 1.